The van der Waals surface area contributed by atoms with Gasteiger partial charge in [0.05, 0.1) is 16.6 Å². The van der Waals surface area contributed by atoms with E-state index in [0.717, 1.165) is 12.6 Å². The summed E-state index contributed by atoms with van der Waals surface area (Å²) in [5.74, 6) is -1.34. The molecule has 0 saturated heterocycles. The van der Waals surface area contributed by atoms with Gasteiger partial charge in [-0.2, -0.15) is 4.98 Å². The lowest BCUT2D eigenvalue weighted by molar-refractivity contribution is 0.364. The fourth-order valence-corrected chi connectivity index (χ4v) is 2.87. The second-order valence-corrected chi connectivity index (χ2v) is 7.89. The van der Waals surface area contributed by atoms with E-state index in [1.165, 1.54) is 12.1 Å². The average molecular weight is 389 g/mol. The van der Waals surface area contributed by atoms with E-state index in [9.17, 15) is 8.78 Å². The Bertz CT molecular complexity index is 1010. The Hall–Kier alpha value is -2.81. The van der Waals surface area contributed by atoms with Crippen LogP contribution in [0, 0.1) is 11.6 Å². The molecule has 0 atom stereocenters. The van der Waals surface area contributed by atoms with Gasteiger partial charge < -0.3 is 16.0 Å². The molecule has 0 radical (unpaired) electrons. The van der Waals surface area contributed by atoms with Crippen molar-refractivity contribution < 1.29 is 8.78 Å². The van der Waals surface area contributed by atoms with Crippen molar-refractivity contribution in [2.75, 3.05) is 38.2 Å². The Morgan fingerprint density at radius 3 is 2.54 bits per heavy atom. The lowest BCUT2D eigenvalue weighted by Crippen LogP contribution is -2.24. The summed E-state index contributed by atoms with van der Waals surface area (Å²) in [7, 11) is 3.90. The Kier molecular flexibility index (Phi) is 5.20. The maximum Gasteiger partial charge on any atom is 0.225 e. The number of halogens is 2. The topological polar surface area (TPSA) is 84.9 Å². The zero-order valence-corrected chi connectivity index (χ0v) is 16.7. The van der Waals surface area contributed by atoms with E-state index in [1.807, 2.05) is 39.8 Å². The van der Waals surface area contributed by atoms with Crippen LogP contribution >= 0.6 is 0 Å². The predicted octanol–water partition coefficient (Wildman–Crippen LogP) is 3.08. The van der Waals surface area contributed by atoms with Crippen LogP contribution in [0.1, 0.15) is 20.8 Å². The number of nitrogens with one attached hydrogen (secondary N) is 1. The molecule has 7 nitrogen and oxygen atoms in total. The minimum absolute atomic E-state index is 0.0169. The largest absolute Gasteiger partial charge is 0.383 e. The third-order valence-electron chi connectivity index (χ3n) is 4.25. The van der Waals surface area contributed by atoms with E-state index in [2.05, 4.69) is 20.4 Å². The molecule has 0 aliphatic carbocycles. The van der Waals surface area contributed by atoms with E-state index >= 15 is 0 Å². The Morgan fingerprint density at radius 1 is 1.18 bits per heavy atom. The third kappa shape index (κ3) is 3.75. The zero-order valence-electron chi connectivity index (χ0n) is 16.7. The van der Waals surface area contributed by atoms with Crippen LogP contribution in [-0.2, 0) is 5.54 Å². The molecule has 0 aliphatic rings. The summed E-state index contributed by atoms with van der Waals surface area (Å²) in [5.41, 5.74) is 6.46. The standard InChI is InChI=1S/C19H25F2N7/c1-19(2,3)28-16(22)13-15(11-7-6-8-12(20)14(11)21)24-18(25-17(13)26-28)23-9-10-27(4)5/h6-8H,9-10,22H2,1-5H3,(H,23,25,26). The number of hydrogen-bond acceptors (Lipinski definition) is 6. The van der Waals surface area contributed by atoms with Gasteiger partial charge in [-0.15, -0.1) is 5.10 Å². The normalized spacial score (nSPS) is 12.1. The molecule has 9 heteroatoms. The number of likely N-dealkylation sites (N-methyl/N-ethyl adjacent to an activating group) is 1. The summed E-state index contributed by atoms with van der Waals surface area (Å²) < 4.78 is 30.0. The van der Waals surface area contributed by atoms with Crippen molar-refractivity contribution in [1.29, 1.82) is 0 Å². The number of aromatic nitrogens is 4. The highest BCUT2D eigenvalue weighted by atomic mass is 19.2. The Balaban J connectivity index is 2.23. The number of nitrogen functional groups attached to an aromatic ring is 1. The fraction of sp³-hybridized carbons (Fsp3) is 0.421. The molecule has 3 aromatic rings. The Morgan fingerprint density at radius 2 is 1.89 bits per heavy atom. The molecule has 3 rings (SSSR count). The molecule has 0 spiro atoms. The van der Waals surface area contributed by atoms with Crippen LogP contribution in [0.4, 0.5) is 20.5 Å². The van der Waals surface area contributed by atoms with Crippen molar-refractivity contribution in [3.05, 3.63) is 29.8 Å². The lowest BCUT2D eigenvalue weighted by Gasteiger charge is -2.20. The van der Waals surface area contributed by atoms with Crippen LogP contribution in [0.5, 0.6) is 0 Å². The second-order valence-electron chi connectivity index (χ2n) is 7.89. The zero-order chi connectivity index (χ0) is 20.6. The van der Waals surface area contributed by atoms with E-state index in [0.29, 0.717) is 23.4 Å². The molecular weight excluding hydrogens is 364 g/mol. The van der Waals surface area contributed by atoms with Crippen molar-refractivity contribution in [3.8, 4) is 11.3 Å². The van der Waals surface area contributed by atoms with Crippen LogP contribution < -0.4 is 11.1 Å². The molecule has 0 aliphatic heterocycles. The minimum atomic E-state index is -0.982. The van der Waals surface area contributed by atoms with Gasteiger partial charge >= 0.3 is 0 Å². The number of anilines is 2. The number of fused-ring (bicyclic) bond motifs is 1. The molecule has 2 heterocycles. The van der Waals surface area contributed by atoms with Crippen molar-refractivity contribution >= 4 is 22.8 Å². The number of nitrogens with zero attached hydrogens (tertiary/aromatic N) is 5. The average Bonchev–Trinajstić information content (AvgIpc) is 2.94. The molecule has 0 fully saturated rings. The van der Waals surface area contributed by atoms with Gasteiger partial charge in [0.15, 0.2) is 17.3 Å². The molecule has 28 heavy (non-hydrogen) atoms. The first-order chi connectivity index (χ1) is 13.1. The molecule has 0 bridgehead atoms. The summed E-state index contributed by atoms with van der Waals surface area (Å²) in [4.78, 5) is 10.9. The van der Waals surface area contributed by atoms with Gasteiger partial charge in [0.1, 0.15) is 5.82 Å². The van der Waals surface area contributed by atoms with Gasteiger partial charge in [0, 0.05) is 18.7 Å². The van der Waals surface area contributed by atoms with Gasteiger partial charge in [-0.05, 0) is 47.0 Å². The van der Waals surface area contributed by atoms with Gasteiger partial charge in [0.25, 0.3) is 0 Å². The maximum absolute atomic E-state index is 14.5. The molecule has 2 aromatic heterocycles. The first-order valence-electron chi connectivity index (χ1n) is 8.99. The first kappa shape index (κ1) is 19.9. The molecular formula is C19H25F2N7. The fourth-order valence-electron chi connectivity index (χ4n) is 2.87. The van der Waals surface area contributed by atoms with Gasteiger partial charge in [0.2, 0.25) is 5.95 Å². The molecule has 1 aromatic carbocycles. The molecule has 0 saturated carbocycles. The quantitative estimate of drug-likeness (QED) is 0.698. The van der Waals surface area contributed by atoms with Crippen LogP contribution in [-0.4, -0.2) is 51.8 Å². The SMILES string of the molecule is CN(C)CCNc1nc(-c2cccc(F)c2F)c2c(N)n(C(C)(C)C)nc2n1. The van der Waals surface area contributed by atoms with Crippen LogP contribution in [0.3, 0.4) is 0 Å². The van der Waals surface area contributed by atoms with Gasteiger partial charge in [-0.25, -0.2) is 18.4 Å². The Labute approximate surface area is 162 Å². The highest BCUT2D eigenvalue weighted by Gasteiger charge is 2.25. The molecule has 0 unspecified atom stereocenters. The number of nitrogens with two attached hydrogens (primary N) is 1. The third-order valence-corrected chi connectivity index (χ3v) is 4.25. The highest BCUT2D eigenvalue weighted by molar-refractivity contribution is 5.99. The van der Waals surface area contributed by atoms with Gasteiger partial charge in [-0.1, -0.05) is 6.07 Å². The summed E-state index contributed by atoms with van der Waals surface area (Å²) >= 11 is 0. The predicted molar refractivity (Wildman–Crippen MR) is 107 cm³/mol. The van der Waals surface area contributed by atoms with Crippen molar-refractivity contribution in [2.45, 2.75) is 26.3 Å². The smallest absolute Gasteiger partial charge is 0.225 e. The van der Waals surface area contributed by atoms with E-state index in [-0.39, 0.29) is 17.2 Å². The summed E-state index contributed by atoms with van der Waals surface area (Å²) in [6.45, 7) is 7.17. The number of rotatable bonds is 5. The van der Waals surface area contributed by atoms with Crippen LogP contribution in [0.2, 0.25) is 0 Å². The maximum atomic E-state index is 14.5. The number of hydrogen-bond donors (Lipinski definition) is 2. The summed E-state index contributed by atoms with van der Waals surface area (Å²) in [6.07, 6.45) is 0. The van der Waals surface area contributed by atoms with Crippen LogP contribution in [0.15, 0.2) is 18.2 Å². The molecule has 0 amide bonds. The van der Waals surface area contributed by atoms with E-state index in [4.69, 9.17) is 5.73 Å². The van der Waals surface area contributed by atoms with Crippen LogP contribution in [0.25, 0.3) is 22.3 Å². The molecule has 3 N–H and O–H groups in total. The highest BCUT2D eigenvalue weighted by Crippen LogP contribution is 2.35. The minimum Gasteiger partial charge on any atom is -0.383 e. The molecule has 150 valence electrons. The van der Waals surface area contributed by atoms with E-state index in [1.54, 1.807) is 4.68 Å². The summed E-state index contributed by atoms with van der Waals surface area (Å²) in [6, 6.07) is 3.97. The first-order valence-corrected chi connectivity index (χ1v) is 8.99. The van der Waals surface area contributed by atoms with E-state index < -0.39 is 17.2 Å². The monoisotopic (exact) mass is 389 g/mol. The van der Waals surface area contributed by atoms with Crippen molar-refractivity contribution in [2.24, 2.45) is 0 Å². The second kappa shape index (κ2) is 7.31. The number of benzene rings is 1. The van der Waals surface area contributed by atoms with Gasteiger partial charge in [-0.3, -0.25) is 0 Å². The van der Waals surface area contributed by atoms with Crippen molar-refractivity contribution in [3.63, 3.8) is 0 Å². The van der Waals surface area contributed by atoms with Crippen molar-refractivity contribution in [1.82, 2.24) is 24.6 Å². The lowest BCUT2D eigenvalue weighted by atomic mass is 10.1. The summed E-state index contributed by atoms with van der Waals surface area (Å²) in [5, 5.41) is 8.01.